The zero-order valence-corrected chi connectivity index (χ0v) is 14.7. The number of allylic oxidation sites excluding steroid dienone is 3. The Morgan fingerprint density at radius 3 is 2.65 bits per heavy atom. The maximum Gasteiger partial charge on any atom is 0.161 e. The van der Waals surface area contributed by atoms with Crippen LogP contribution in [0.3, 0.4) is 0 Å². The summed E-state index contributed by atoms with van der Waals surface area (Å²) in [5, 5.41) is 11.7. The Morgan fingerprint density at radius 1 is 1.23 bits per heavy atom. The van der Waals surface area contributed by atoms with Gasteiger partial charge in [-0.15, -0.1) is 11.3 Å². The van der Waals surface area contributed by atoms with Crippen LogP contribution < -0.4 is 10.6 Å². The van der Waals surface area contributed by atoms with Crippen molar-refractivity contribution in [3.05, 3.63) is 75.1 Å². The highest BCUT2D eigenvalue weighted by molar-refractivity contribution is 7.10. The van der Waals surface area contributed by atoms with Gasteiger partial charge in [0.1, 0.15) is 11.6 Å². The Kier molecular flexibility index (Phi) is 4.09. The summed E-state index contributed by atoms with van der Waals surface area (Å²) in [6, 6.07) is 12.0. The van der Waals surface area contributed by atoms with Crippen molar-refractivity contribution in [3.63, 3.8) is 0 Å². The molecule has 2 aliphatic rings. The van der Waals surface area contributed by atoms with E-state index < -0.39 is 5.92 Å². The molecule has 0 bridgehead atoms. The number of thiophene rings is 1. The number of nitriles is 1. The zero-order valence-electron chi connectivity index (χ0n) is 13.9. The molecule has 4 rings (SSSR count). The lowest BCUT2D eigenvalue weighted by Crippen LogP contribution is -2.38. The standard InChI is InChI=1S/C20H16FN3OS/c21-12-6-8-13(9-7-12)24-15-3-1-4-16(25)19(15)18(14(11-22)20(24)23)17-5-2-10-26-17/h2,5-10,18H,1,3-4,23H2/t18-/m0/s1. The van der Waals surface area contributed by atoms with E-state index >= 15 is 0 Å². The van der Waals surface area contributed by atoms with Crippen molar-refractivity contribution in [1.82, 2.24) is 0 Å². The molecule has 26 heavy (non-hydrogen) atoms. The minimum absolute atomic E-state index is 0.0528. The molecule has 2 N–H and O–H groups in total. The number of halogens is 1. The molecule has 1 aromatic heterocycles. The predicted molar refractivity (Wildman–Crippen MR) is 98.6 cm³/mol. The SMILES string of the molecule is N#CC1=C(N)N(c2ccc(F)cc2)C2=C(C(=O)CCC2)[C@@H]1c1cccs1. The molecule has 6 heteroatoms. The average Bonchev–Trinajstić information content (AvgIpc) is 3.16. The van der Waals surface area contributed by atoms with Gasteiger partial charge < -0.3 is 5.73 Å². The summed E-state index contributed by atoms with van der Waals surface area (Å²) in [7, 11) is 0. The lowest BCUT2D eigenvalue weighted by molar-refractivity contribution is -0.116. The third-order valence-corrected chi connectivity index (χ3v) is 5.76. The van der Waals surface area contributed by atoms with Crippen LogP contribution in [0.1, 0.15) is 30.1 Å². The molecule has 1 aliphatic carbocycles. The van der Waals surface area contributed by atoms with Crippen LogP contribution in [-0.2, 0) is 4.79 Å². The molecule has 1 atom stereocenters. The Hall–Kier alpha value is -2.91. The average molecular weight is 365 g/mol. The van der Waals surface area contributed by atoms with E-state index in [1.807, 2.05) is 17.5 Å². The highest BCUT2D eigenvalue weighted by Crippen LogP contribution is 2.47. The van der Waals surface area contributed by atoms with E-state index in [4.69, 9.17) is 5.73 Å². The molecule has 0 amide bonds. The van der Waals surface area contributed by atoms with Gasteiger partial charge in [0.05, 0.1) is 17.6 Å². The van der Waals surface area contributed by atoms with Gasteiger partial charge in [-0.1, -0.05) is 6.07 Å². The van der Waals surface area contributed by atoms with E-state index in [1.165, 1.54) is 23.5 Å². The summed E-state index contributed by atoms with van der Waals surface area (Å²) in [5.74, 6) is -0.401. The lowest BCUT2D eigenvalue weighted by atomic mass is 9.78. The number of nitrogens with two attached hydrogens (primary N) is 1. The normalized spacial score (nSPS) is 20.2. The van der Waals surface area contributed by atoms with Crippen molar-refractivity contribution in [2.75, 3.05) is 4.90 Å². The summed E-state index contributed by atoms with van der Waals surface area (Å²) >= 11 is 1.51. The molecular weight excluding hydrogens is 349 g/mol. The Balaban J connectivity index is 1.96. The van der Waals surface area contributed by atoms with Gasteiger partial charge in [0.15, 0.2) is 5.78 Å². The molecule has 130 valence electrons. The number of hydrogen-bond acceptors (Lipinski definition) is 5. The summed E-state index contributed by atoms with van der Waals surface area (Å²) in [6.07, 6.45) is 1.90. The van der Waals surface area contributed by atoms with Gasteiger partial charge in [-0.05, 0) is 48.6 Å². The second-order valence-electron chi connectivity index (χ2n) is 6.31. The molecular formula is C20H16FN3OS. The summed E-state index contributed by atoms with van der Waals surface area (Å²) in [5.41, 5.74) is 8.89. The molecule has 1 aliphatic heterocycles. The first-order valence-electron chi connectivity index (χ1n) is 8.37. The van der Waals surface area contributed by atoms with E-state index in [1.54, 1.807) is 17.0 Å². The van der Waals surface area contributed by atoms with Crippen LogP contribution in [0.2, 0.25) is 0 Å². The second-order valence-corrected chi connectivity index (χ2v) is 7.29. The number of hydrogen-bond donors (Lipinski definition) is 1. The maximum absolute atomic E-state index is 13.4. The number of anilines is 1. The van der Waals surface area contributed by atoms with Gasteiger partial charge >= 0.3 is 0 Å². The minimum atomic E-state index is -0.417. The molecule has 2 heterocycles. The Labute approximate surface area is 154 Å². The molecule has 0 radical (unpaired) electrons. The first kappa shape index (κ1) is 16.6. The predicted octanol–water partition coefficient (Wildman–Crippen LogP) is 4.19. The van der Waals surface area contributed by atoms with Gasteiger partial charge in [0, 0.05) is 28.3 Å². The summed E-state index contributed by atoms with van der Waals surface area (Å²) in [4.78, 5) is 15.5. The smallest absolute Gasteiger partial charge is 0.161 e. The van der Waals surface area contributed by atoms with Crippen LogP contribution in [0.25, 0.3) is 0 Å². The van der Waals surface area contributed by atoms with Gasteiger partial charge in [-0.25, -0.2) is 4.39 Å². The number of Topliss-reactive ketones (excluding diaryl/α,β-unsaturated/α-hetero) is 1. The quantitative estimate of drug-likeness (QED) is 0.866. The largest absolute Gasteiger partial charge is 0.384 e. The third kappa shape index (κ3) is 2.52. The highest BCUT2D eigenvalue weighted by Gasteiger charge is 2.40. The van der Waals surface area contributed by atoms with Crippen LogP contribution in [0.4, 0.5) is 10.1 Å². The van der Waals surface area contributed by atoms with Crippen molar-refractivity contribution >= 4 is 22.8 Å². The number of carbonyl (C=O) groups excluding carboxylic acids is 1. The molecule has 0 unspecified atom stereocenters. The van der Waals surface area contributed by atoms with E-state index in [2.05, 4.69) is 6.07 Å². The van der Waals surface area contributed by atoms with E-state index in [0.717, 1.165) is 17.0 Å². The molecule has 1 aromatic carbocycles. The van der Waals surface area contributed by atoms with Gasteiger partial charge in [-0.2, -0.15) is 5.26 Å². The summed E-state index contributed by atoms with van der Waals surface area (Å²) in [6.45, 7) is 0. The molecule has 0 saturated heterocycles. The highest BCUT2D eigenvalue weighted by atomic mass is 32.1. The summed E-state index contributed by atoms with van der Waals surface area (Å²) < 4.78 is 13.4. The van der Waals surface area contributed by atoms with Crippen molar-refractivity contribution < 1.29 is 9.18 Å². The number of benzene rings is 1. The second kappa shape index (κ2) is 6.43. The van der Waals surface area contributed by atoms with Crippen molar-refractivity contribution in [3.8, 4) is 6.07 Å². The molecule has 2 aromatic rings. The van der Waals surface area contributed by atoms with Crippen LogP contribution in [0, 0.1) is 17.1 Å². The first-order valence-corrected chi connectivity index (χ1v) is 9.25. The number of rotatable bonds is 2. The van der Waals surface area contributed by atoms with Crippen LogP contribution in [-0.4, -0.2) is 5.78 Å². The van der Waals surface area contributed by atoms with Crippen LogP contribution in [0.15, 0.2) is 64.4 Å². The topological polar surface area (TPSA) is 70.1 Å². The van der Waals surface area contributed by atoms with E-state index in [0.29, 0.717) is 35.5 Å². The number of nitrogens with zero attached hydrogens (tertiary/aromatic N) is 2. The number of carbonyl (C=O) groups is 1. The molecule has 0 saturated carbocycles. The Morgan fingerprint density at radius 2 is 2.00 bits per heavy atom. The number of ketones is 1. The maximum atomic E-state index is 13.4. The van der Waals surface area contributed by atoms with Crippen LogP contribution in [0.5, 0.6) is 0 Å². The van der Waals surface area contributed by atoms with Gasteiger partial charge in [-0.3, -0.25) is 9.69 Å². The van der Waals surface area contributed by atoms with Gasteiger partial charge in [0.25, 0.3) is 0 Å². The minimum Gasteiger partial charge on any atom is -0.384 e. The Bertz CT molecular complexity index is 967. The fraction of sp³-hybridized carbons (Fsp3) is 0.200. The molecule has 4 nitrogen and oxygen atoms in total. The fourth-order valence-corrected chi connectivity index (χ4v) is 4.55. The van der Waals surface area contributed by atoms with Crippen molar-refractivity contribution in [2.24, 2.45) is 5.73 Å². The van der Waals surface area contributed by atoms with E-state index in [9.17, 15) is 14.4 Å². The van der Waals surface area contributed by atoms with Crippen molar-refractivity contribution in [2.45, 2.75) is 25.2 Å². The van der Waals surface area contributed by atoms with Crippen molar-refractivity contribution in [1.29, 1.82) is 5.26 Å². The monoisotopic (exact) mass is 365 g/mol. The molecule has 0 spiro atoms. The fourth-order valence-electron chi connectivity index (χ4n) is 3.71. The zero-order chi connectivity index (χ0) is 18.3. The molecule has 0 fully saturated rings. The third-order valence-electron chi connectivity index (χ3n) is 4.83. The lowest BCUT2D eigenvalue weighted by Gasteiger charge is -2.39. The van der Waals surface area contributed by atoms with E-state index in [-0.39, 0.29) is 11.6 Å². The van der Waals surface area contributed by atoms with Crippen LogP contribution >= 0.6 is 11.3 Å². The first-order chi connectivity index (χ1) is 12.6. The van der Waals surface area contributed by atoms with Gasteiger partial charge in [0.2, 0.25) is 0 Å².